The van der Waals surface area contributed by atoms with E-state index in [0.717, 1.165) is 19.3 Å². The highest BCUT2D eigenvalue weighted by atomic mass is 19.3. The van der Waals surface area contributed by atoms with Crippen molar-refractivity contribution in [1.29, 1.82) is 0 Å². The highest BCUT2D eigenvalue weighted by molar-refractivity contribution is 5.80. The van der Waals surface area contributed by atoms with Gasteiger partial charge in [-0.3, -0.25) is 4.79 Å². The summed E-state index contributed by atoms with van der Waals surface area (Å²) in [5.41, 5.74) is 2.67. The van der Waals surface area contributed by atoms with Gasteiger partial charge in [-0.1, -0.05) is 11.1 Å². The van der Waals surface area contributed by atoms with Gasteiger partial charge in [0.15, 0.2) is 0 Å². The van der Waals surface area contributed by atoms with Gasteiger partial charge in [-0.25, -0.2) is 0 Å². The van der Waals surface area contributed by atoms with Crippen LogP contribution < -0.4 is 0 Å². The third-order valence-corrected chi connectivity index (χ3v) is 3.95. The van der Waals surface area contributed by atoms with Crippen LogP contribution in [0.25, 0.3) is 0 Å². The van der Waals surface area contributed by atoms with Crippen LogP contribution in [0, 0.1) is 5.92 Å². The predicted molar refractivity (Wildman–Crippen MR) is 63.2 cm³/mol. The summed E-state index contributed by atoms with van der Waals surface area (Å²) in [4.78, 5) is 13.8. The monoisotopic (exact) mass is 259 g/mol. The fourth-order valence-corrected chi connectivity index (χ4v) is 2.57. The molecule has 1 fully saturated rings. The van der Waals surface area contributed by atoms with Crippen LogP contribution in [0.15, 0.2) is 11.1 Å². The van der Waals surface area contributed by atoms with Crippen LogP contribution in [-0.4, -0.2) is 36.6 Å². The Balaban J connectivity index is 1.81. The third kappa shape index (κ3) is 2.88. The molecule has 1 aliphatic carbocycles. The predicted octanol–water partition coefficient (Wildman–Crippen LogP) is 2.57. The molecule has 1 aliphatic heterocycles. The standard InChI is InChI=1S/C13H19F2NO2/c1-8-3-4-10(5-9(8)2)12(17)16-6-11(7-16)18-13(14)15/h10-11,13H,3-7H2,1-2H3. The molecule has 1 saturated heterocycles. The number of hydrogen-bond acceptors (Lipinski definition) is 2. The number of halogens is 2. The van der Waals surface area contributed by atoms with Crippen LogP contribution in [0.2, 0.25) is 0 Å². The van der Waals surface area contributed by atoms with Gasteiger partial charge in [0.1, 0.15) is 0 Å². The number of likely N-dealkylation sites (tertiary alicyclic amines) is 1. The maximum atomic E-state index is 12.1. The summed E-state index contributed by atoms with van der Waals surface area (Å²) in [6, 6.07) is 0. The second kappa shape index (κ2) is 5.34. The van der Waals surface area contributed by atoms with E-state index in [-0.39, 0.29) is 11.8 Å². The number of allylic oxidation sites excluding steroid dienone is 2. The summed E-state index contributed by atoms with van der Waals surface area (Å²) in [5.74, 6) is 0.122. The van der Waals surface area contributed by atoms with Crippen LogP contribution in [0.3, 0.4) is 0 Å². The van der Waals surface area contributed by atoms with Gasteiger partial charge in [-0.15, -0.1) is 0 Å². The summed E-state index contributed by atoms with van der Waals surface area (Å²) in [5, 5.41) is 0. The molecule has 5 heteroatoms. The molecule has 2 aliphatic rings. The normalized spacial score (nSPS) is 25.6. The van der Waals surface area contributed by atoms with E-state index in [1.54, 1.807) is 4.90 Å². The maximum absolute atomic E-state index is 12.1. The Morgan fingerprint density at radius 2 is 2.00 bits per heavy atom. The lowest BCUT2D eigenvalue weighted by molar-refractivity contribution is -0.200. The molecule has 1 unspecified atom stereocenters. The van der Waals surface area contributed by atoms with E-state index in [1.807, 2.05) is 0 Å². The summed E-state index contributed by atoms with van der Waals surface area (Å²) in [6.45, 7) is 2.04. The van der Waals surface area contributed by atoms with Crippen molar-refractivity contribution in [2.45, 2.75) is 45.8 Å². The Hall–Kier alpha value is -0.970. The van der Waals surface area contributed by atoms with Crippen molar-refractivity contribution in [2.75, 3.05) is 13.1 Å². The van der Waals surface area contributed by atoms with Crippen molar-refractivity contribution < 1.29 is 18.3 Å². The fourth-order valence-electron chi connectivity index (χ4n) is 2.57. The summed E-state index contributed by atoms with van der Waals surface area (Å²) < 4.78 is 28.3. The summed E-state index contributed by atoms with van der Waals surface area (Å²) in [6.07, 6.45) is 2.16. The van der Waals surface area contributed by atoms with Crippen molar-refractivity contribution in [3.63, 3.8) is 0 Å². The zero-order valence-electron chi connectivity index (χ0n) is 10.8. The SMILES string of the molecule is CC1=C(C)CC(C(=O)N2CC(OC(F)F)C2)CC1. The quantitative estimate of drug-likeness (QED) is 0.729. The first-order valence-corrected chi connectivity index (χ1v) is 6.35. The lowest BCUT2D eigenvalue weighted by Gasteiger charge is -2.41. The van der Waals surface area contributed by atoms with E-state index in [9.17, 15) is 13.6 Å². The Bertz CT molecular complexity index is 362. The molecule has 0 aromatic carbocycles. The molecule has 102 valence electrons. The van der Waals surface area contributed by atoms with Crippen LogP contribution >= 0.6 is 0 Å². The lowest BCUT2D eigenvalue weighted by atomic mass is 9.84. The molecule has 0 bridgehead atoms. The fraction of sp³-hybridized carbons (Fsp3) is 0.769. The largest absolute Gasteiger partial charge is 0.345 e. The summed E-state index contributed by atoms with van der Waals surface area (Å²) in [7, 11) is 0. The van der Waals surface area contributed by atoms with Crippen molar-refractivity contribution in [1.82, 2.24) is 4.90 Å². The van der Waals surface area contributed by atoms with E-state index in [4.69, 9.17) is 0 Å². The minimum atomic E-state index is -2.74. The number of amides is 1. The molecule has 0 aromatic rings. The van der Waals surface area contributed by atoms with Gasteiger partial charge >= 0.3 is 6.61 Å². The van der Waals surface area contributed by atoms with Crippen molar-refractivity contribution in [3.8, 4) is 0 Å². The molecule has 0 aromatic heterocycles. The molecule has 2 rings (SSSR count). The number of hydrogen-bond donors (Lipinski definition) is 0. The molecular formula is C13H19F2NO2. The number of alkyl halides is 2. The Labute approximate surface area is 106 Å². The zero-order valence-corrected chi connectivity index (χ0v) is 10.8. The van der Waals surface area contributed by atoms with Crippen molar-refractivity contribution in [3.05, 3.63) is 11.1 Å². The van der Waals surface area contributed by atoms with E-state index in [1.165, 1.54) is 11.1 Å². The molecular weight excluding hydrogens is 240 g/mol. The smallest absolute Gasteiger partial charge is 0.337 e. The van der Waals surface area contributed by atoms with Gasteiger partial charge in [0, 0.05) is 19.0 Å². The first-order chi connectivity index (χ1) is 8.47. The van der Waals surface area contributed by atoms with Crippen LogP contribution in [0.1, 0.15) is 33.1 Å². The minimum Gasteiger partial charge on any atom is -0.337 e. The molecule has 3 nitrogen and oxygen atoms in total. The molecule has 1 amide bonds. The van der Waals surface area contributed by atoms with E-state index >= 15 is 0 Å². The Morgan fingerprint density at radius 1 is 1.33 bits per heavy atom. The highest BCUT2D eigenvalue weighted by Crippen LogP contribution is 2.31. The number of carbonyl (C=O) groups is 1. The molecule has 1 heterocycles. The van der Waals surface area contributed by atoms with E-state index in [2.05, 4.69) is 18.6 Å². The number of rotatable bonds is 3. The van der Waals surface area contributed by atoms with Gasteiger partial charge in [0.05, 0.1) is 6.10 Å². The lowest BCUT2D eigenvalue weighted by Crippen LogP contribution is -2.56. The van der Waals surface area contributed by atoms with Gasteiger partial charge < -0.3 is 9.64 Å². The van der Waals surface area contributed by atoms with Gasteiger partial charge in [-0.2, -0.15) is 8.78 Å². The first kappa shape index (κ1) is 13.5. The molecule has 18 heavy (non-hydrogen) atoms. The Kier molecular flexibility index (Phi) is 4.00. The van der Waals surface area contributed by atoms with Gasteiger partial charge in [-0.05, 0) is 33.1 Å². The molecule has 1 atom stereocenters. The number of carbonyl (C=O) groups excluding carboxylic acids is 1. The molecule has 0 saturated carbocycles. The van der Waals surface area contributed by atoms with Gasteiger partial charge in [0.25, 0.3) is 0 Å². The zero-order chi connectivity index (χ0) is 13.3. The average molecular weight is 259 g/mol. The second-order valence-electron chi connectivity index (χ2n) is 5.26. The second-order valence-corrected chi connectivity index (χ2v) is 5.26. The third-order valence-electron chi connectivity index (χ3n) is 3.95. The van der Waals surface area contributed by atoms with Crippen LogP contribution in [-0.2, 0) is 9.53 Å². The maximum Gasteiger partial charge on any atom is 0.345 e. The van der Waals surface area contributed by atoms with E-state index < -0.39 is 12.7 Å². The molecule has 0 spiro atoms. The number of nitrogens with zero attached hydrogens (tertiary/aromatic N) is 1. The average Bonchev–Trinajstić information content (AvgIpc) is 2.25. The van der Waals surface area contributed by atoms with Crippen LogP contribution in [0.5, 0.6) is 0 Å². The van der Waals surface area contributed by atoms with E-state index in [0.29, 0.717) is 13.1 Å². The molecule has 0 radical (unpaired) electrons. The number of ether oxygens (including phenoxy) is 1. The Morgan fingerprint density at radius 3 is 2.56 bits per heavy atom. The van der Waals surface area contributed by atoms with Crippen molar-refractivity contribution in [2.24, 2.45) is 5.92 Å². The first-order valence-electron chi connectivity index (χ1n) is 6.35. The van der Waals surface area contributed by atoms with Gasteiger partial charge in [0.2, 0.25) is 5.91 Å². The highest BCUT2D eigenvalue weighted by Gasteiger charge is 2.37. The minimum absolute atomic E-state index is 0.0289. The van der Waals surface area contributed by atoms with Crippen molar-refractivity contribution >= 4 is 5.91 Å². The molecule has 0 N–H and O–H groups in total. The summed E-state index contributed by atoms with van der Waals surface area (Å²) >= 11 is 0. The topological polar surface area (TPSA) is 29.5 Å². The van der Waals surface area contributed by atoms with Crippen LogP contribution in [0.4, 0.5) is 8.78 Å².